The van der Waals surface area contributed by atoms with Crippen LogP contribution in [-0.2, 0) is 0 Å². The van der Waals surface area contributed by atoms with Crippen molar-refractivity contribution in [2.24, 2.45) is 0 Å². The van der Waals surface area contributed by atoms with Crippen molar-refractivity contribution < 1.29 is 4.74 Å². The number of likely N-dealkylation sites (N-methyl/N-ethyl adjacent to an activating group) is 1. The molecule has 1 unspecified atom stereocenters. The van der Waals surface area contributed by atoms with Crippen molar-refractivity contribution in [3.8, 4) is 5.75 Å². The van der Waals surface area contributed by atoms with Crippen LogP contribution in [-0.4, -0.2) is 44.2 Å². The topological polar surface area (TPSA) is 24.5 Å². The standard InChI is InChI=1S/C15H22Cl2N2O.ClH/c1-19(12-4-3-8-18-9-7-12)10-11-20-15-13(16)5-2-6-14(15)17;/h2,5-6,12,18H,3-4,7-11H2,1H3;1H. The van der Waals surface area contributed by atoms with Crippen LogP contribution in [0, 0.1) is 0 Å². The zero-order chi connectivity index (χ0) is 14.4. The molecule has 0 aliphatic carbocycles. The number of benzene rings is 1. The quantitative estimate of drug-likeness (QED) is 0.869. The third kappa shape index (κ3) is 5.84. The van der Waals surface area contributed by atoms with E-state index in [0.29, 0.717) is 28.4 Å². The Balaban J connectivity index is 0.00000220. The van der Waals surface area contributed by atoms with E-state index >= 15 is 0 Å². The van der Waals surface area contributed by atoms with Gasteiger partial charge in [-0.05, 0) is 51.5 Å². The molecule has 3 nitrogen and oxygen atoms in total. The second kappa shape index (κ2) is 9.75. The second-order valence-electron chi connectivity index (χ2n) is 5.21. The van der Waals surface area contributed by atoms with Crippen LogP contribution in [0.4, 0.5) is 0 Å². The molecule has 2 rings (SSSR count). The summed E-state index contributed by atoms with van der Waals surface area (Å²) in [6, 6.07) is 6.05. The molecule has 120 valence electrons. The van der Waals surface area contributed by atoms with Crippen LogP contribution in [0.1, 0.15) is 19.3 Å². The van der Waals surface area contributed by atoms with Gasteiger partial charge in [0, 0.05) is 12.6 Å². The average molecular weight is 354 g/mol. The second-order valence-corrected chi connectivity index (χ2v) is 6.03. The normalized spacial score (nSPS) is 19.0. The maximum Gasteiger partial charge on any atom is 0.156 e. The highest BCUT2D eigenvalue weighted by Crippen LogP contribution is 2.32. The Kier molecular flexibility index (Phi) is 8.76. The van der Waals surface area contributed by atoms with E-state index in [1.165, 1.54) is 19.3 Å². The van der Waals surface area contributed by atoms with Gasteiger partial charge >= 0.3 is 0 Å². The molecule has 6 heteroatoms. The fraction of sp³-hybridized carbons (Fsp3) is 0.600. The Morgan fingerprint density at radius 3 is 2.67 bits per heavy atom. The molecule has 1 aromatic rings. The molecule has 0 aromatic heterocycles. The first-order valence-corrected chi connectivity index (χ1v) is 7.92. The van der Waals surface area contributed by atoms with E-state index in [-0.39, 0.29) is 12.4 Å². The molecule has 1 aliphatic rings. The van der Waals surface area contributed by atoms with E-state index in [1.54, 1.807) is 12.1 Å². The molecule has 1 fully saturated rings. The number of hydrogen-bond donors (Lipinski definition) is 1. The van der Waals surface area contributed by atoms with Crippen LogP contribution in [0.25, 0.3) is 0 Å². The summed E-state index contributed by atoms with van der Waals surface area (Å²) >= 11 is 12.2. The number of para-hydroxylation sites is 1. The molecule has 1 N–H and O–H groups in total. The highest BCUT2D eigenvalue weighted by atomic mass is 35.5. The highest BCUT2D eigenvalue weighted by molar-refractivity contribution is 6.37. The van der Waals surface area contributed by atoms with Crippen LogP contribution in [0.15, 0.2) is 18.2 Å². The van der Waals surface area contributed by atoms with Gasteiger partial charge in [0.1, 0.15) is 6.61 Å². The molecular formula is C15H23Cl3N2O. The predicted molar refractivity (Wildman–Crippen MR) is 92.3 cm³/mol. The molecule has 1 atom stereocenters. The van der Waals surface area contributed by atoms with Gasteiger partial charge in [0.15, 0.2) is 5.75 Å². The Bertz CT molecular complexity index is 403. The van der Waals surface area contributed by atoms with Crippen molar-refractivity contribution >= 4 is 35.6 Å². The van der Waals surface area contributed by atoms with Crippen molar-refractivity contribution in [3.63, 3.8) is 0 Å². The number of rotatable bonds is 5. The molecule has 1 saturated heterocycles. The Morgan fingerprint density at radius 1 is 1.24 bits per heavy atom. The minimum Gasteiger partial charge on any atom is -0.489 e. The molecule has 21 heavy (non-hydrogen) atoms. The summed E-state index contributed by atoms with van der Waals surface area (Å²) in [5.74, 6) is 0.590. The lowest BCUT2D eigenvalue weighted by atomic mass is 10.1. The van der Waals surface area contributed by atoms with E-state index < -0.39 is 0 Å². The van der Waals surface area contributed by atoms with Crippen molar-refractivity contribution in [2.45, 2.75) is 25.3 Å². The summed E-state index contributed by atoms with van der Waals surface area (Å²) in [5, 5.41) is 4.57. The van der Waals surface area contributed by atoms with Crippen LogP contribution in [0.2, 0.25) is 10.0 Å². The summed E-state index contributed by atoms with van der Waals surface area (Å²) in [6.07, 6.45) is 3.69. The monoisotopic (exact) mass is 352 g/mol. The lowest BCUT2D eigenvalue weighted by molar-refractivity contribution is 0.180. The van der Waals surface area contributed by atoms with Crippen LogP contribution < -0.4 is 10.1 Å². The first kappa shape index (κ1) is 18.9. The number of hydrogen-bond acceptors (Lipinski definition) is 3. The van der Waals surface area contributed by atoms with E-state index in [9.17, 15) is 0 Å². The molecular weight excluding hydrogens is 331 g/mol. The maximum absolute atomic E-state index is 6.08. The van der Waals surface area contributed by atoms with Gasteiger partial charge in [0.05, 0.1) is 10.0 Å². The largest absolute Gasteiger partial charge is 0.489 e. The first-order valence-electron chi connectivity index (χ1n) is 7.16. The molecule has 0 saturated carbocycles. The van der Waals surface area contributed by atoms with Gasteiger partial charge in [-0.2, -0.15) is 0 Å². The van der Waals surface area contributed by atoms with Crippen molar-refractivity contribution in [1.29, 1.82) is 0 Å². The minimum absolute atomic E-state index is 0. The van der Waals surface area contributed by atoms with Gasteiger partial charge in [0.25, 0.3) is 0 Å². The number of nitrogens with zero attached hydrogens (tertiary/aromatic N) is 1. The molecule has 1 aliphatic heterocycles. The van der Waals surface area contributed by atoms with Gasteiger partial charge < -0.3 is 10.1 Å². The number of nitrogens with one attached hydrogen (secondary N) is 1. The van der Waals surface area contributed by atoms with E-state index in [1.807, 2.05) is 6.07 Å². The molecule has 0 radical (unpaired) electrons. The third-order valence-electron chi connectivity index (χ3n) is 3.78. The first-order chi connectivity index (χ1) is 9.68. The fourth-order valence-corrected chi connectivity index (χ4v) is 3.04. The smallest absolute Gasteiger partial charge is 0.156 e. The minimum atomic E-state index is 0. The van der Waals surface area contributed by atoms with Crippen molar-refractivity contribution in [2.75, 3.05) is 33.3 Å². The van der Waals surface area contributed by atoms with Crippen LogP contribution >= 0.6 is 35.6 Å². The SMILES string of the molecule is CN(CCOc1c(Cl)cccc1Cl)C1CCCNCC1.Cl. The van der Waals surface area contributed by atoms with E-state index in [0.717, 1.165) is 19.6 Å². The summed E-state index contributed by atoms with van der Waals surface area (Å²) < 4.78 is 5.74. The molecule has 0 spiro atoms. The lowest BCUT2D eigenvalue weighted by Crippen LogP contribution is -2.35. The summed E-state index contributed by atoms with van der Waals surface area (Å²) in [4.78, 5) is 2.37. The van der Waals surface area contributed by atoms with Gasteiger partial charge in [-0.3, -0.25) is 4.90 Å². The fourth-order valence-electron chi connectivity index (χ4n) is 2.54. The number of ether oxygens (including phenoxy) is 1. The van der Waals surface area contributed by atoms with Crippen LogP contribution in [0.5, 0.6) is 5.75 Å². The van der Waals surface area contributed by atoms with E-state index in [4.69, 9.17) is 27.9 Å². The van der Waals surface area contributed by atoms with Crippen molar-refractivity contribution in [1.82, 2.24) is 10.2 Å². The van der Waals surface area contributed by atoms with Gasteiger partial charge in [-0.25, -0.2) is 0 Å². The Morgan fingerprint density at radius 2 is 1.95 bits per heavy atom. The Hall–Kier alpha value is -0.190. The molecule has 1 heterocycles. The summed E-state index contributed by atoms with van der Waals surface area (Å²) in [6.45, 7) is 3.72. The van der Waals surface area contributed by atoms with Gasteiger partial charge in [0.2, 0.25) is 0 Å². The van der Waals surface area contributed by atoms with Gasteiger partial charge in [-0.1, -0.05) is 29.3 Å². The molecule has 0 bridgehead atoms. The van der Waals surface area contributed by atoms with E-state index in [2.05, 4.69) is 17.3 Å². The van der Waals surface area contributed by atoms with Crippen LogP contribution in [0.3, 0.4) is 0 Å². The highest BCUT2D eigenvalue weighted by Gasteiger charge is 2.16. The predicted octanol–water partition coefficient (Wildman–Crippen LogP) is 3.87. The van der Waals surface area contributed by atoms with Gasteiger partial charge in [-0.15, -0.1) is 12.4 Å². The maximum atomic E-state index is 6.08. The van der Waals surface area contributed by atoms with Crippen molar-refractivity contribution in [3.05, 3.63) is 28.2 Å². The summed E-state index contributed by atoms with van der Waals surface area (Å²) in [5.41, 5.74) is 0. The molecule has 0 amide bonds. The number of halogens is 3. The Labute approximate surface area is 143 Å². The lowest BCUT2D eigenvalue weighted by Gasteiger charge is -2.26. The zero-order valence-corrected chi connectivity index (χ0v) is 14.6. The summed E-state index contributed by atoms with van der Waals surface area (Å²) in [7, 11) is 2.16. The zero-order valence-electron chi connectivity index (χ0n) is 12.3. The average Bonchev–Trinajstić information content (AvgIpc) is 2.71. The molecule has 1 aromatic carbocycles. The third-order valence-corrected chi connectivity index (χ3v) is 4.37.